The number of hydrogen-bond donors (Lipinski definition) is 0. The highest BCUT2D eigenvalue weighted by Crippen LogP contribution is 2.21. The van der Waals surface area contributed by atoms with Gasteiger partial charge in [-0.05, 0) is 26.3 Å². The summed E-state index contributed by atoms with van der Waals surface area (Å²) in [5.74, 6) is 0. The molecule has 0 saturated carbocycles. The van der Waals surface area contributed by atoms with Gasteiger partial charge in [-0.1, -0.05) is 25.1 Å². The van der Waals surface area contributed by atoms with Gasteiger partial charge in [0, 0.05) is 11.6 Å². The van der Waals surface area contributed by atoms with Crippen molar-refractivity contribution < 1.29 is 0 Å². The van der Waals surface area contributed by atoms with Crippen LogP contribution >= 0.6 is 0 Å². The Balaban J connectivity index is 2.55. The zero-order valence-electron chi connectivity index (χ0n) is 8.99. The minimum atomic E-state index is 0.110. The maximum Gasteiger partial charge on any atom is 0.0923 e. The zero-order valence-corrected chi connectivity index (χ0v) is 8.99. The fourth-order valence-electron chi connectivity index (χ4n) is 1.44. The lowest BCUT2D eigenvalue weighted by molar-refractivity contribution is 0.310. The summed E-state index contributed by atoms with van der Waals surface area (Å²) in [6.45, 7) is 6.60. The Labute approximate surface area is 84.5 Å². The van der Waals surface area contributed by atoms with Crippen LogP contribution < -0.4 is 0 Å². The molecule has 0 fully saturated rings. The number of aromatic nitrogens is 2. The summed E-state index contributed by atoms with van der Waals surface area (Å²) in [4.78, 5) is 0. The molecule has 1 heterocycles. The monoisotopic (exact) mass is 188 g/mol. The van der Waals surface area contributed by atoms with Crippen molar-refractivity contribution in [3.05, 3.63) is 30.5 Å². The van der Waals surface area contributed by atoms with E-state index in [4.69, 9.17) is 0 Å². The lowest BCUT2D eigenvalue weighted by Crippen LogP contribution is -2.25. The van der Waals surface area contributed by atoms with Gasteiger partial charge in [-0.25, -0.2) is 0 Å². The van der Waals surface area contributed by atoms with E-state index in [0.29, 0.717) is 0 Å². The predicted molar refractivity (Wildman–Crippen MR) is 59.3 cm³/mol. The molecule has 0 spiro atoms. The molecule has 0 unspecified atom stereocenters. The quantitative estimate of drug-likeness (QED) is 0.707. The SMILES string of the molecule is CCC(C)(C)n1cc2ccccc2n1. The van der Waals surface area contributed by atoms with Gasteiger partial charge in [-0.3, -0.25) is 4.68 Å². The lowest BCUT2D eigenvalue weighted by Gasteiger charge is -2.23. The van der Waals surface area contributed by atoms with E-state index >= 15 is 0 Å². The van der Waals surface area contributed by atoms with Gasteiger partial charge in [0.25, 0.3) is 0 Å². The molecule has 0 bridgehead atoms. The van der Waals surface area contributed by atoms with Crippen molar-refractivity contribution in [1.29, 1.82) is 0 Å². The fourth-order valence-corrected chi connectivity index (χ4v) is 1.44. The van der Waals surface area contributed by atoms with Crippen LogP contribution in [0.4, 0.5) is 0 Å². The van der Waals surface area contributed by atoms with Gasteiger partial charge in [0.15, 0.2) is 0 Å². The maximum atomic E-state index is 4.57. The zero-order chi connectivity index (χ0) is 10.2. The molecule has 0 aliphatic carbocycles. The first kappa shape index (κ1) is 9.25. The van der Waals surface area contributed by atoms with Gasteiger partial charge in [-0.15, -0.1) is 0 Å². The summed E-state index contributed by atoms with van der Waals surface area (Å²) in [5, 5.41) is 5.79. The standard InChI is InChI=1S/C12H16N2/c1-4-12(2,3)14-9-10-7-5-6-8-11(10)13-14/h5-9H,4H2,1-3H3. The van der Waals surface area contributed by atoms with Gasteiger partial charge >= 0.3 is 0 Å². The molecule has 0 aliphatic rings. The summed E-state index contributed by atoms with van der Waals surface area (Å²) in [7, 11) is 0. The highest BCUT2D eigenvalue weighted by Gasteiger charge is 2.18. The Hall–Kier alpha value is -1.31. The van der Waals surface area contributed by atoms with Crippen LogP contribution in [0.2, 0.25) is 0 Å². The summed E-state index contributed by atoms with van der Waals surface area (Å²) in [5.41, 5.74) is 1.19. The van der Waals surface area contributed by atoms with Crippen molar-refractivity contribution in [3.8, 4) is 0 Å². The highest BCUT2D eigenvalue weighted by molar-refractivity contribution is 5.77. The van der Waals surface area contributed by atoms with Crippen molar-refractivity contribution in [2.45, 2.75) is 32.7 Å². The van der Waals surface area contributed by atoms with Gasteiger partial charge in [0.2, 0.25) is 0 Å². The largest absolute Gasteiger partial charge is 0.266 e. The van der Waals surface area contributed by atoms with E-state index in [0.717, 1.165) is 11.9 Å². The summed E-state index contributed by atoms with van der Waals surface area (Å²) < 4.78 is 2.07. The Morgan fingerprint density at radius 1 is 1.29 bits per heavy atom. The summed E-state index contributed by atoms with van der Waals surface area (Å²) in [6, 6.07) is 8.23. The highest BCUT2D eigenvalue weighted by atomic mass is 15.3. The van der Waals surface area contributed by atoms with E-state index in [1.54, 1.807) is 0 Å². The molecule has 1 aromatic carbocycles. The van der Waals surface area contributed by atoms with Crippen molar-refractivity contribution >= 4 is 10.9 Å². The van der Waals surface area contributed by atoms with Crippen LogP contribution in [0, 0.1) is 0 Å². The minimum absolute atomic E-state index is 0.110. The number of benzene rings is 1. The molecule has 74 valence electrons. The van der Waals surface area contributed by atoms with Crippen LogP contribution in [-0.4, -0.2) is 9.78 Å². The first-order chi connectivity index (χ1) is 6.63. The van der Waals surface area contributed by atoms with Gasteiger partial charge in [-0.2, -0.15) is 5.10 Å². The third-order valence-electron chi connectivity index (χ3n) is 2.90. The molecule has 2 aromatic rings. The average Bonchev–Trinajstić information content (AvgIpc) is 2.61. The second kappa shape index (κ2) is 3.12. The van der Waals surface area contributed by atoms with E-state index < -0.39 is 0 Å². The van der Waals surface area contributed by atoms with Gasteiger partial charge < -0.3 is 0 Å². The molecule has 0 aliphatic heterocycles. The Kier molecular flexibility index (Phi) is 2.06. The number of nitrogens with zero attached hydrogens (tertiary/aromatic N) is 2. The molecule has 0 amide bonds. The number of fused-ring (bicyclic) bond motifs is 1. The molecule has 0 N–H and O–H groups in total. The van der Waals surface area contributed by atoms with E-state index in [2.05, 4.69) is 48.9 Å². The van der Waals surface area contributed by atoms with Crippen LogP contribution in [0.1, 0.15) is 27.2 Å². The van der Waals surface area contributed by atoms with E-state index in [-0.39, 0.29) is 5.54 Å². The van der Waals surface area contributed by atoms with Gasteiger partial charge in [0.05, 0.1) is 11.1 Å². The second-order valence-electron chi connectivity index (χ2n) is 4.30. The third kappa shape index (κ3) is 1.41. The fraction of sp³-hybridized carbons (Fsp3) is 0.417. The van der Waals surface area contributed by atoms with E-state index in [9.17, 15) is 0 Å². The molecular formula is C12H16N2. The Morgan fingerprint density at radius 2 is 2.00 bits per heavy atom. The molecular weight excluding hydrogens is 172 g/mol. The normalized spacial score (nSPS) is 12.2. The van der Waals surface area contributed by atoms with E-state index in [1.807, 2.05) is 12.1 Å². The minimum Gasteiger partial charge on any atom is -0.266 e. The smallest absolute Gasteiger partial charge is 0.0923 e. The molecule has 2 heteroatoms. The number of rotatable bonds is 2. The topological polar surface area (TPSA) is 17.8 Å². The summed E-state index contributed by atoms with van der Waals surface area (Å²) in [6.07, 6.45) is 3.21. The van der Waals surface area contributed by atoms with Crippen LogP contribution in [-0.2, 0) is 5.54 Å². The lowest BCUT2D eigenvalue weighted by atomic mass is 10.0. The van der Waals surface area contributed by atoms with E-state index in [1.165, 1.54) is 5.39 Å². The average molecular weight is 188 g/mol. The van der Waals surface area contributed by atoms with Crippen LogP contribution in [0.25, 0.3) is 10.9 Å². The second-order valence-corrected chi connectivity index (χ2v) is 4.30. The van der Waals surface area contributed by atoms with Crippen LogP contribution in [0.3, 0.4) is 0 Å². The first-order valence-corrected chi connectivity index (χ1v) is 5.08. The molecule has 0 atom stereocenters. The third-order valence-corrected chi connectivity index (χ3v) is 2.90. The number of hydrogen-bond acceptors (Lipinski definition) is 1. The summed E-state index contributed by atoms with van der Waals surface area (Å²) >= 11 is 0. The van der Waals surface area contributed by atoms with Crippen molar-refractivity contribution in [2.75, 3.05) is 0 Å². The Bertz CT molecular complexity index is 407. The Morgan fingerprint density at radius 3 is 2.64 bits per heavy atom. The molecule has 2 nitrogen and oxygen atoms in total. The van der Waals surface area contributed by atoms with Crippen molar-refractivity contribution in [3.63, 3.8) is 0 Å². The van der Waals surface area contributed by atoms with Crippen molar-refractivity contribution in [2.24, 2.45) is 0 Å². The molecule has 0 saturated heterocycles. The molecule has 14 heavy (non-hydrogen) atoms. The van der Waals surface area contributed by atoms with Crippen LogP contribution in [0.5, 0.6) is 0 Å². The molecule has 1 aromatic heterocycles. The van der Waals surface area contributed by atoms with Gasteiger partial charge in [0.1, 0.15) is 0 Å². The molecule has 0 radical (unpaired) electrons. The first-order valence-electron chi connectivity index (χ1n) is 5.08. The molecule has 2 rings (SSSR count). The van der Waals surface area contributed by atoms with Crippen molar-refractivity contribution in [1.82, 2.24) is 9.78 Å². The maximum absolute atomic E-state index is 4.57. The van der Waals surface area contributed by atoms with Crippen LogP contribution in [0.15, 0.2) is 30.5 Å². The predicted octanol–water partition coefficient (Wildman–Crippen LogP) is 3.18.